The van der Waals surface area contributed by atoms with Gasteiger partial charge in [-0.25, -0.2) is 4.98 Å². The van der Waals surface area contributed by atoms with Gasteiger partial charge >= 0.3 is 0 Å². The smallest absolute Gasteiger partial charge is 0.277 e. The average molecular weight is 292 g/mol. The van der Waals surface area contributed by atoms with Gasteiger partial charge in [-0.1, -0.05) is 6.92 Å². The molecule has 0 amide bonds. The standard InChI is InChI=1S/C15H24N4O2/c1-3-7-18(11-13-5-4-6-16-10-13)15-8-14(19(20)21)12(2)9-17-15/h8-9,13,16H,3-7,10-11H2,1-2H3. The van der Waals surface area contributed by atoms with E-state index < -0.39 is 0 Å². The molecule has 6 heteroatoms. The van der Waals surface area contributed by atoms with E-state index in [2.05, 4.69) is 22.1 Å². The Balaban J connectivity index is 2.16. The minimum absolute atomic E-state index is 0.155. The van der Waals surface area contributed by atoms with Gasteiger partial charge in [-0.2, -0.15) is 0 Å². The van der Waals surface area contributed by atoms with Crippen LogP contribution in [0.25, 0.3) is 0 Å². The molecule has 0 aliphatic carbocycles. The van der Waals surface area contributed by atoms with Crippen molar-refractivity contribution in [3.05, 3.63) is 27.9 Å². The first-order valence-electron chi connectivity index (χ1n) is 7.68. The molecule has 1 aromatic heterocycles. The second-order valence-electron chi connectivity index (χ2n) is 5.74. The van der Waals surface area contributed by atoms with Crippen LogP contribution in [-0.4, -0.2) is 36.1 Å². The Morgan fingerprint density at radius 2 is 2.38 bits per heavy atom. The summed E-state index contributed by atoms with van der Waals surface area (Å²) in [6.07, 6.45) is 5.02. The summed E-state index contributed by atoms with van der Waals surface area (Å²) < 4.78 is 0. The van der Waals surface area contributed by atoms with Crippen molar-refractivity contribution in [2.24, 2.45) is 5.92 Å². The molecular formula is C15H24N4O2. The average Bonchev–Trinajstić information content (AvgIpc) is 2.48. The zero-order chi connectivity index (χ0) is 15.2. The summed E-state index contributed by atoms with van der Waals surface area (Å²) in [6.45, 7) is 7.75. The van der Waals surface area contributed by atoms with Gasteiger partial charge in [-0.05, 0) is 45.2 Å². The first-order chi connectivity index (χ1) is 10.1. The van der Waals surface area contributed by atoms with Crippen LogP contribution in [0.15, 0.2) is 12.3 Å². The summed E-state index contributed by atoms with van der Waals surface area (Å²) in [7, 11) is 0. The molecule has 21 heavy (non-hydrogen) atoms. The summed E-state index contributed by atoms with van der Waals surface area (Å²) >= 11 is 0. The molecule has 0 radical (unpaired) electrons. The molecular weight excluding hydrogens is 268 g/mol. The van der Waals surface area contributed by atoms with Gasteiger partial charge in [0.05, 0.1) is 11.0 Å². The molecule has 2 heterocycles. The van der Waals surface area contributed by atoms with Crippen LogP contribution in [0.2, 0.25) is 0 Å². The Bertz CT molecular complexity index is 487. The second kappa shape index (κ2) is 7.36. The van der Waals surface area contributed by atoms with E-state index in [0.29, 0.717) is 11.5 Å². The van der Waals surface area contributed by atoms with E-state index in [0.717, 1.165) is 38.4 Å². The largest absolute Gasteiger partial charge is 0.356 e. The molecule has 1 unspecified atom stereocenters. The first-order valence-corrected chi connectivity index (χ1v) is 7.68. The van der Waals surface area contributed by atoms with Crippen LogP contribution in [-0.2, 0) is 0 Å². The third kappa shape index (κ3) is 4.14. The fourth-order valence-electron chi connectivity index (χ4n) is 2.83. The predicted molar refractivity (Wildman–Crippen MR) is 83.7 cm³/mol. The van der Waals surface area contributed by atoms with Crippen molar-refractivity contribution < 1.29 is 4.92 Å². The number of aromatic nitrogens is 1. The lowest BCUT2D eigenvalue weighted by molar-refractivity contribution is -0.385. The van der Waals surface area contributed by atoms with Gasteiger partial charge in [0.25, 0.3) is 5.69 Å². The highest BCUT2D eigenvalue weighted by atomic mass is 16.6. The predicted octanol–water partition coefficient (Wildman–Crippen LogP) is 2.51. The van der Waals surface area contributed by atoms with E-state index in [1.165, 1.54) is 12.8 Å². The van der Waals surface area contributed by atoms with Crippen molar-refractivity contribution >= 4 is 11.5 Å². The van der Waals surface area contributed by atoms with E-state index in [-0.39, 0.29) is 10.6 Å². The van der Waals surface area contributed by atoms with E-state index in [1.807, 2.05) is 0 Å². The van der Waals surface area contributed by atoms with Crippen molar-refractivity contribution in [1.29, 1.82) is 0 Å². The quantitative estimate of drug-likeness (QED) is 0.644. The number of piperidine rings is 1. The van der Waals surface area contributed by atoms with Crippen LogP contribution in [0.5, 0.6) is 0 Å². The number of nitrogens with zero attached hydrogens (tertiary/aromatic N) is 3. The van der Waals surface area contributed by atoms with Crippen LogP contribution in [0.3, 0.4) is 0 Å². The van der Waals surface area contributed by atoms with Crippen LogP contribution in [0.4, 0.5) is 11.5 Å². The normalized spacial score (nSPS) is 18.5. The summed E-state index contributed by atoms with van der Waals surface area (Å²) in [5.41, 5.74) is 0.766. The zero-order valence-electron chi connectivity index (χ0n) is 12.8. The topological polar surface area (TPSA) is 71.3 Å². The maximum absolute atomic E-state index is 11.1. The molecule has 1 aliphatic rings. The van der Waals surface area contributed by atoms with Crippen LogP contribution >= 0.6 is 0 Å². The molecule has 0 aromatic carbocycles. The Labute approximate surface area is 125 Å². The molecule has 1 aliphatic heterocycles. The lowest BCUT2D eigenvalue weighted by atomic mass is 9.99. The molecule has 0 bridgehead atoms. The van der Waals surface area contributed by atoms with Crippen LogP contribution in [0.1, 0.15) is 31.7 Å². The van der Waals surface area contributed by atoms with Gasteiger partial charge in [0, 0.05) is 24.8 Å². The molecule has 1 fully saturated rings. The Morgan fingerprint density at radius 3 is 3.00 bits per heavy atom. The summed E-state index contributed by atoms with van der Waals surface area (Å²) in [5, 5.41) is 14.5. The number of nitrogens with one attached hydrogen (secondary N) is 1. The molecule has 6 nitrogen and oxygen atoms in total. The molecule has 1 saturated heterocycles. The molecule has 0 saturated carbocycles. The van der Waals surface area contributed by atoms with E-state index in [1.54, 1.807) is 19.2 Å². The monoisotopic (exact) mass is 292 g/mol. The lowest BCUT2D eigenvalue weighted by Crippen LogP contribution is -2.39. The fourth-order valence-corrected chi connectivity index (χ4v) is 2.83. The van der Waals surface area contributed by atoms with Crippen LogP contribution in [0, 0.1) is 23.0 Å². The minimum atomic E-state index is -0.327. The minimum Gasteiger partial charge on any atom is -0.356 e. The number of hydrogen-bond donors (Lipinski definition) is 1. The number of rotatable bonds is 6. The van der Waals surface area contributed by atoms with Crippen molar-refractivity contribution in [3.63, 3.8) is 0 Å². The second-order valence-corrected chi connectivity index (χ2v) is 5.74. The molecule has 1 N–H and O–H groups in total. The van der Waals surface area contributed by atoms with Gasteiger partial charge in [0.1, 0.15) is 5.82 Å². The lowest BCUT2D eigenvalue weighted by Gasteiger charge is -2.30. The number of anilines is 1. The van der Waals surface area contributed by atoms with E-state index in [9.17, 15) is 10.1 Å². The zero-order valence-corrected chi connectivity index (χ0v) is 12.8. The molecule has 116 valence electrons. The van der Waals surface area contributed by atoms with Gasteiger partial charge in [0.15, 0.2) is 0 Å². The summed E-state index contributed by atoms with van der Waals surface area (Å²) in [6, 6.07) is 1.61. The summed E-state index contributed by atoms with van der Waals surface area (Å²) in [5.74, 6) is 1.31. The van der Waals surface area contributed by atoms with Crippen molar-refractivity contribution in [1.82, 2.24) is 10.3 Å². The highest BCUT2D eigenvalue weighted by Crippen LogP contribution is 2.24. The number of hydrogen-bond acceptors (Lipinski definition) is 5. The highest BCUT2D eigenvalue weighted by molar-refractivity contribution is 5.50. The van der Waals surface area contributed by atoms with Gasteiger partial charge in [-0.3, -0.25) is 10.1 Å². The summed E-state index contributed by atoms with van der Waals surface area (Å²) in [4.78, 5) is 17.4. The van der Waals surface area contributed by atoms with Crippen molar-refractivity contribution in [2.45, 2.75) is 33.1 Å². The fraction of sp³-hybridized carbons (Fsp3) is 0.667. The first kappa shape index (κ1) is 15.7. The molecule has 0 spiro atoms. The third-order valence-electron chi connectivity index (χ3n) is 3.95. The number of pyridine rings is 1. The maximum Gasteiger partial charge on any atom is 0.277 e. The maximum atomic E-state index is 11.1. The van der Waals surface area contributed by atoms with Crippen molar-refractivity contribution in [3.8, 4) is 0 Å². The third-order valence-corrected chi connectivity index (χ3v) is 3.95. The highest BCUT2D eigenvalue weighted by Gasteiger charge is 2.20. The van der Waals surface area contributed by atoms with Gasteiger partial charge < -0.3 is 10.2 Å². The van der Waals surface area contributed by atoms with Crippen molar-refractivity contribution in [2.75, 3.05) is 31.1 Å². The van der Waals surface area contributed by atoms with E-state index >= 15 is 0 Å². The van der Waals surface area contributed by atoms with Gasteiger partial charge in [-0.15, -0.1) is 0 Å². The number of nitro groups is 1. The Hall–Kier alpha value is -1.69. The molecule has 1 aromatic rings. The van der Waals surface area contributed by atoms with Crippen LogP contribution < -0.4 is 10.2 Å². The number of aryl methyl sites for hydroxylation is 1. The molecule has 1 atom stereocenters. The van der Waals surface area contributed by atoms with Gasteiger partial charge in [0.2, 0.25) is 0 Å². The SMILES string of the molecule is CCCN(CC1CCCNC1)c1cc([N+](=O)[O-])c(C)cn1. The molecule has 2 rings (SSSR count). The van der Waals surface area contributed by atoms with E-state index in [4.69, 9.17) is 0 Å². The Morgan fingerprint density at radius 1 is 1.57 bits per heavy atom. The Kier molecular flexibility index (Phi) is 5.50.